The number of terminal acetylenes is 1. The molecule has 0 bridgehead atoms. The molecule has 2 heterocycles. The minimum atomic E-state index is -0.100. The third-order valence-corrected chi connectivity index (χ3v) is 3.76. The fraction of sp³-hybridized carbons (Fsp3) is 0.533. The second-order valence-corrected chi connectivity index (χ2v) is 5.16. The molecule has 4 nitrogen and oxygen atoms in total. The molecular weight excluding hydrogens is 240 g/mol. The average molecular weight is 260 g/mol. The number of nitrogens with one attached hydrogen (secondary N) is 1. The number of nitrogens with zero attached hydrogens (tertiary/aromatic N) is 1. The Bertz CT molecular complexity index is 474. The molecule has 0 unspecified atom stereocenters. The predicted octanol–water partition coefficient (Wildman–Crippen LogP) is 1.57. The Hall–Kier alpha value is -1.57. The van der Waals surface area contributed by atoms with E-state index in [9.17, 15) is 5.11 Å². The van der Waals surface area contributed by atoms with Crippen molar-refractivity contribution >= 4 is 5.82 Å². The van der Waals surface area contributed by atoms with Crippen molar-refractivity contribution in [2.24, 2.45) is 5.41 Å². The van der Waals surface area contributed by atoms with Crippen molar-refractivity contribution in [2.75, 3.05) is 31.7 Å². The quantitative estimate of drug-likeness (QED) is 0.807. The van der Waals surface area contributed by atoms with Gasteiger partial charge in [-0.2, -0.15) is 0 Å². The lowest BCUT2D eigenvalue weighted by atomic mass is 9.81. The zero-order valence-corrected chi connectivity index (χ0v) is 11.3. The van der Waals surface area contributed by atoms with Gasteiger partial charge in [-0.1, -0.05) is 5.92 Å². The molecule has 1 aromatic rings. The van der Waals surface area contributed by atoms with Crippen molar-refractivity contribution < 1.29 is 9.84 Å². The summed E-state index contributed by atoms with van der Waals surface area (Å²) in [5.74, 6) is 3.40. The summed E-state index contributed by atoms with van der Waals surface area (Å²) in [6.07, 6.45) is 8.78. The van der Waals surface area contributed by atoms with E-state index in [1.54, 1.807) is 6.20 Å². The number of pyridine rings is 1. The highest BCUT2D eigenvalue weighted by molar-refractivity contribution is 5.47. The van der Waals surface area contributed by atoms with E-state index in [-0.39, 0.29) is 12.0 Å². The van der Waals surface area contributed by atoms with Gasteiger partial charge < -0.3 is 15.2 Å². The molecule has 0 saturated carbocycles. The van der Waals surface area contributed by atoms with Crippen LogP contribution in [0.2, 0.25) is 0 Å². The van der Waals surface area contributed by atoms with Gasteiger partial charge >= 0.3 is 0 Å². The Kier molecular flexibility index (Phi) is 4.41. The molecule has 0 amide bonds. The van der Waals surface area contributed by atoms with Crippen LogP contribution in [-0.2, 0) is 4.74 Å². The van der Waals surface area contributed by atoms with Crippen molar-refractivity contribution in [1.29, 1.82) is 0 Å². The van der Waals surface area contributed by atoms with E-state index in [1.807, 2.05) is 13.0 Å². The second-order valence-electron chi connectivity index (χ2n) is 5.16. The maximum atomic E-state index is 9.63. The number of anilines is 1. The van der Waals surface area contributed by atoms with Gasteiger partial charge in [0.15, 0.2) is 0 Å². The first-order valence-corrected chi connectivity index (χ1v) is 6.55. The lowest BCUT2D eigenvalue weighted by Crippen LogP contribution is -2.39. The number of ether oxygens (including phenoxy) is 1. The molecule has 4 heteroatoms. The highest BCUT2D eigenvalue weighted by Gasteiger charge is 2.31. The zero-order valence-electron chi connectivity index (χ0n) is 11.3. The average Bonchev–Trinajstić information content (AvgIpc) is 2.47. The largest absolute Gasteiger partial charge is 0.396 e. The number of aromatic nitrogens is 1. The minimum absolute atomic E-state index is 0.100. The Morgan fingerprint density at radius 2 is 2.26 bits per heavy atom. The van der Waals surface area contributed by atoms with Crippen LogP contribution in [0, 0.1) is 24.7 Å². The first-order valence-electron chi connectivity index (χ1n) is 6.55. The third kappa shape index (κ3) is 3.25. The molecule has 1 saturated heterocycles. The molecule has 0 aliphatic carbocycles. The molecule has 0 atom stereocenters. The molecule has 1 fully saturated rings. The summed E-state index contributed by atoms with van der Waals surface area (Å²) in [7, 11) is 0. The van der Waals surface area contributed by atoms with Gasteiger partial charge in [-0.3, -0.25) is 0 Å². The van der Waals surface area contributed by atoms with Gasteiger partial charge in [0.25, 0.3) is 0 Å². The minimum Gasteiger partial charge on any atom is -0.396 e. The fourth-order valence-electron chi connectivity index (χ4n) is 2.31. The van der Waals surface area contributed by atoms with Crippen LogP contribution < -0.4 is 5.32 Å². The molecular formula is C15H20N2O2. The lowest BCUT2D eigenvalue weighted by molar-refractivity contribution is -0.00862. The Labute approximate surface area is 114 Å². The van der Waals surface area contributed by atoms with Gasteiger partial charge in [-0.25, -0.2) is 4.98 Å². The molecule has 2 N–H and O–H groups in total. The van der Waals surface area contributed by atoms with E-state index in [0.717, 1.165) is 29.8 Å². The SMILES string of the molecule is C#Cc1cnc(NCC2(CO)CCOCC2)c(C)c1. The van der Waals surface area contributed by atoms with E-state index in [1.165, 1.54) is 0 Å². The molecule has 102 valence electrons. The number of hydrogen-bond donors (Lipinski definition) is 2. The summed E-state index contributed by atoms with van der Waals surface area (Å²) in [6, 6.07) is 1.94. The van der Waals surface area contributed by atoms with E-state index in [2.05, 4.69) is 16.2 Å². The maximum Gasteiger partial charge on any atom is 0.128 e. The normalized spacial score (nSPS) is 17.7. The highest BCUT2D eigenvalue weighted by atomic mass is 16.5. The highest BCUT2D eigenvalue weighted by Crippen LogP contribution is 2.30. The van der Waals surface area contributed by atoms with Crippen molar-refractivity contribution in [3.63, 3.8) is 0 Å². The summed E-state index contributed by atoms with van der Waals surface area (Å²) < 4.78 is 5.36. The van der Waals surface area contributed by atoms with Crippen LogP contribution in [0.5, 0.6) is 0 Å². The monoisotopic (exact) mass is 260 g/mol. The number of aryl methyl sites for hydroxylation is 1. The standard InChI is InChI=1S/C15H20N2O2/c1-3-13-8-12(2)14(16-9-13)17-10-15(11-18)4-6-19-7-5-15/h1,8-9,18H,4-7,10-11H2,2H3,(H,16,17). The van der Waals surface area contributed by atoms with Gasteiger partial charge in [-0.15, -0.1) is 6.42 Å². The number of rotatable bonds is 4. The van der Waals surface area contributed by atoms with Crippen LogP contribution in [0.1, 0.15) is 24.0 Å². The predicted molar refractivity (Wildman–Crippen MR) is 75.0 cm³/mol. The van der Waals surface area contributed by atoms with Crippen molar-refractivity contribution in [2.45, 2.75) is 19.8 Å². The Balaban J connectivity index is 2.03. The topological polar surface area (TPSA) is 54.4 Å². The third-order valence-electron chi connectivity index (χ3n) is 3.76. The van der Waals surface area contributed by atoms with Crippen molar-refractivity contribution in [3.05, 3.63) is 23.4 Å². The van der Waals surface area contributed by atoms with Crippen LogP contribution in [0.15, 0.2) is 12.3 Å². The molecule has 0 spiro atoms. The molecule has 1 aliphatic rings. The number of aliphatic hydroxyl groups is 1. The van der Waals surface area contributed by atoms with Crippen LogP contribution >= 0.6 is 0 Å². The summed E-state index contributed by atoms with van der Waals surface area (Å²) in [5, 5.41) is 13.0. The van der Waals surface area contributed by atoms with Gasteiger partial charge in [0.1, 0.15) is 5.82 Å². The van der Waals surface area contributed by atoms with Gasteiger partial charge in [0.2, 0.25) is 0 Å². The smallest absolute Gasteiger partial charge is 0.128 e. The van der Waals surface area contributed by atoms with Crippen molar-refractivity contribution in [1.82, 2.24) is 4.98 Å². The van der Waals surface area contributed by atoms with E-state index in [4.69, 9.17) is 11.2 Å². The van der Waals surface area contributed by atoms with Crippen LogP contribution in [-0.4, -0.2) is 36.5 Å². The van der Waals surface area contributed by atoms with Gasteiger partial charge in [-0.05, 0) is 31.4 Å². The molecule has 19 heavy (non-hydrogen) atoms. The van der Waals surface area contributed by atoms with Gasteiger partial charge in [0.05, 0.1) is 6.61 Å². The van der Waals surface area contributed by atoms with E-state index < -0.39 is 0 Å². The number of aliphatic hydroxyl groups excluding tert-OH is 1. The summed E-state index contributed by atoms with van der Waals surface area (Å²) in [5.41, 5.74) is 1.71. The first-order chi connectivity index (χ1) is 9.19. The zero-order chi connectivity index (χ0) is 13.7. The molecule has 0 aromatic carbocycles. The van der Waals surface area contributed by atoms with Crippen LogP contribution in [0.25, 0.3) is 0 Å². The van der Waals surface area contributed by atoms with Gasteiger partial charge in [0, 0.05) is 36.9 Å². The van der Waals surface area contributed by atoms with Crippen LogP contribution in [0.4, 0.5) is 5.82 Å². The summed E-state index contributed by atoms with van der Waals surface area (Å²) >= 11 is 0. The second kappa shape index (κ2) is 6.05. The lowest BCUT2D eigenvalue weighted by Gasteiger charge is -2.35. The van der Waals surface area contributed by atoms with Crippen molar-refractivity contribution in [3.8, 4) is 12.3 Å². The first kappa shape index (κ1) is 13.9. The van der Waals surface area contributed by atoms with E-state index >= 15 is 0 Å². The molecule has 2 rings (SSSR count). The summed E-state index contributed by atoms with van der Waals surface area (Å²) in [6.45, 7) is 4.28. The number of hydrogen-bond acceptors (Lipinski definition) is 4. The molecule has 0 radical (unpaired) electrons. The van der Waals surface area contributed by atoms with E-state index in [0.29, 0.717) is 19.8 Å². The molecule has 1 aliphatic heterocycles. The Morgan fingerprint density at radius 3 is 2.84 bits per heavy atom. The van der Waals surface area contributed by atoms with Crippen LogP contribution in [0.3, 0.4) is 0 Å². The summed E-state index contributed by atoms with van der Waals surface area (Å²) in [4.78, 5) is 4.33. The Morgan fingerprint density at radius 1 is 1.53 bits per heavy atom. The maximum absolute atomic E-state index is 9.63. The fourth-order valence-corrected chi connectivity index (χ4v) is 2.31. The molecule has 1 aromatic heterocycles.